The van der Waals surface area contributed by atoms with E-state index < -0.39 is 0 Å². The number of amides is 1. The first-order valence-corrected chi connectivity index (χ1v) is 8.75. The maximum atomic E-state index is 12.9. The summed E-state index contributed by atoms with van der Waals surface area (Å²) in [7, 11) is 0. The molecule has 0 radical (unpaired) electrons. The number of nitrogens with one attached hydrogen (secondary N) is 2. The molecule has 0 spiro atoms. The Morgan fingerprint density at radius 3 is 3.08 bits per heavy atom. The summed E-state index contributed by atoms with van der Waals surface area (Å²) in [5.41, 5.74) is -0.0933. The lowest BCUT2D eigenvalue weighted by atomic mass is 9.71. The van der Waals surface area contributed by atoms with Crippen LogP contribution in [0.1, 0.15) is 29.9 Å². The van der Waals surface area contributed by atoms with Gasteiger partial charge in [-0.15, -0.1) is 0 Å². The Morgan fingerprint density at radius 1 is 1.40 bits per heavy atom. The number of likely N-dealkylation sites (tertiary alicyclic amines) is 1. The van der Waals surface area contributed by atoms with Crippen molar-refractivity contribution in [1.82, 2.24) is 20.2 Å². The minimum atomic E-state index is -0.306. The molecule has 7 nitrogen and oxygen atoms in total. The van der Waals surface area contributed by atoms with Crippen molar-refractivity contribution in [3.05, 3.63) is 40.4 Å². The standard InChI is InChI=1S/C18H22N4O3/c23-11-18-7-3-8-19-14(18)6-9-22(10-18)17(25)15-20-13-5-2-1-4-12(13)16(24)21-15/h1-2,4-5,14,19,23H,3,6-11H2,(H,20,21,24). The highest BCUT2D eigenvalue weighted by atomic mass is 16.3. The van der Waals surface area contributed by atoms with Crippen LogP contribution in [0.4, 0.5) is 0 Å². The van der Waals surface area contributed by atoms with Crippen LogP contribution in [-0.4, -0.2) is 58.2 Å². The molecule has 0 saturated carbocycles. The Bertz CT molecular complexity index is 865. The van der Waals surface area contributed by atoms with E-state index in [0.29, 0.717) is 24.0 Å². The molecule has 1 aromatic carbocycles. The fourth-order valence-corrected chi connectivity index (χ4v) is 4.20. The molecule has 2 fully saturated rings. The van der Waals surface area contributed by atoms with Gasteiger partial charge in [0.1, 0.15) is 0 Å². The average Bonchev–Trinajstić information content (AvgIpc) is 2.67. The molecule has 2 aromatic rings. The summed E-state index contributed by atoms with van der Waals surface area (Å²) in [6, 6.07) is 7.22. The van der Waals surface area contributed by atoms with Crippen molar-refractivity contribution in [2.24, 2.45) is 5.41 Å². The molecule has 0 bridgehead atoms. The Hall–Kier alpha value is -2.25. The number of para-hydroxylation sites is 1. The van der Waals surface area contributed by atoms with Crippen LogP contribution in [0.3, 0.4) is 0 Å². The summed E-state index contributed by atoms with van der Waals surface area (Å²) in [6.45, 7) is 2.08. The summed E-state index contributed by atoms with van der Waals surface area (Å²) < 4.78 is 0. The van der Waals surface area contributed by atoms with E-state index in [2.05, 4.69) is 15.3 Å². The maximum absolute atomic E-state index is 12.9. The first kappa shape index (κ1) is 16.2. The second-order valence-corrected chi connectivity index (χ2v) is 7.08. The van der Waals surface area contributed by atoms with Crippen molar-refractivity contribution in [2.45, 2.75) is 25.3 Å². The van der Waals surface area contributed by atoms with Crippen LogP contribution in [0, 0.1) is 5.41 Å². The molecule has 2 aliphatic heterocycles. The Kier molecular flexibility index (Phi) is 4.05. The zero-order chi connectivity index (χ0) is 17.4. The Labute approximate surface area is 145 Å². The van der Waals surface area contributed by atoms with Crippen LogP contribution in [0.5, 0.6) is 0 Å². The second kappa shape index (κ2) is 6.24. The third-order valence-electron chi connectivity index (χ3n) is 5.59. The van der Waals surface area contributed by atoms with Crippen LogP contribution in [0.15, 0.2) is 29.1 Å². The molecule has 4 rings (SSSR count). The van der Waals surface area contributed by atoms with Gasteiger partial charge in [-0.1, -0.05) is 12.1 Å². The largest absolute Gasteiger partial charge is 0.396 e. The second-order valence-electron chi connectivity index (χ2n) is 7.08. The van der Waals surface area contributed by atoms with Gasteiger partial charge in [0.2, 0.25) is 0 Å². The number of fused-ring (bicyclic) bond motifs is 2. The summed E-state index contributed by atoms with van der Waals surface area (Å²) in [4.78, 5) is 33.8. The van der Waals surface area contributed by atoms with E-state index in [9.17, 15) is 14.7 Å². The van der Waals surface area contributed by atoms with Gasteiger partial charge in [-0.2, -0.15) is 0 Å². The number of hydrogen-bond acceptors (Lipinski definition) is 5. The fourth-order valence-electron chi connectivity index (χ4n) is 4.20. The van der Waals surface area contributed by atoms with E-state index in [0.717, 1.165) is 25.8 Å². The van der Waals surface area contributed by atoms with Crippen LogP contribution in [0.2, 0.25) is 0 Å². The predicted molar refractivity (Wildman–Crippen MR) is 93.4 cm³/mol. The van der Waals surface area contributed by atoms with Gasteiger partial charge in [0.15, 0.2) is 5.82 Å². The molecule has 2 aliphatic rings. The van der Waals surface area contributed by atoms with Crippen molar-refractivity contribution in [2.75, 3.05) is 26.2 Å². The van der Waals surface area contributed by atoms with Crippen LogP contribution < -0.4 is 10.9 Å². The number of aliphatic hydroxyl groups is 1. The first-order valence-electron chi connectivity index (χ1n) is 8.75. The molecule has 2 unspecified atom stereocenters. The van der Waals surface area contributed by atoms with Gasteiger partial charge in [0.05, 0.1) is 17.5 Å². The highest BCUT2D eigenvalue weighted by Gasteiger charge is 2.45. The monoisotopic (exact) mass is 342 g/mol. The minimum absolute atomic E-state index is 0.0517. The van der Waals surface area contributed by atoms with Crippen molar-refractivity contribution in [3.8, 4) is 0 Å². The number of benzene rings is 1. The number of aliphatic hydroxyl groups excluding tert-OH is 1. The van der Waals surface area contributed by atoms with E-state index in [4.69, 9.17) is 0 Å². The quantitative estimate of drug-likeness (QED) is 0.738. The van der Waals surface area contributed by atoms with E-state index in [-0.39, 0.29) is 35.4 Å². The topological polar surface area (TPSA) is 98.3 Å². The van der Waals surface area contributed by atoms with E-state index >= 15 is 0 Å². The molecule has 3 heterocycles. The average molecular weight is 342 g/mol. The summed E-state index contributed by atoms with van der Waals surface area (Å²) in [6.07, 6.45) is 2.68. The lowest BCUT2D eigenvalue weighted by molar-refractivity contribution is -0.0141. The summed E-state index contributed by atoms with van der Waals surface area (Å²) >= 11 is 0. The molecule has 3 N–H and O–H groups in total. The smallest absolute Gasteiger partial charge is 0.289 e. The van der Waals surface area contributed by atoms with E-state index in [1.807, 2.05) is 0 Å². The molecule has 132 valence electrons. The van der Waals surface area contributed by atoms with Gasteiger partial charge in [-0.05, 0) is 37.9 Å². The van der Waals surface area contributed by atoms with Crippen molar-refractivity contribution in [1.29, 1.82) is 0 Å². The highest BCUT2D eigenvalue weighted by molar-refractivity contribution is 5.92. The Balaban J connectivity index is 1.64. The lowest BCUT2D eigenvalue weighted by Gasteiger charge is -2.50. The zero-order valence-corrected chi connectivity index (χ0v) is 14.0. The van der Waals surface area contributed by atoms with Gasteiger partial charge >= 0.3 is 0 Å². The first-order chi connectivity index (χ1) is 12.1. The van der Waals surface area contributed by atoms with Crippen molar-refractivity contribution >= 4 is 16.8 Å². The zero-order valence-electron chi connectivity index (χ0n) is 14.0. The molecular formula is C18H22N4O3. The number of hydrogen-bond donors (Lipinski definition) is 3. The molecule has 7 heteroatoms. The van der Waals surface area contributed by atoms with E-state index in [1.54, 1.807) is 29.2 Å². The predicted octanol–water partition coefficient (Wildman–Crippen LogP) is 0.500. The summed E-state index contributed by atoms with van der Waals surface area (Å²) in [5, 5.41) is 13.9. The molecule has 25 heavy (non-hydrogen) atoms. The molecule has 1 aromatic heterocycles. The van der Waals surface area contributed by atoms with Gasteiger partial charge < -0.3 is 20.3 Å². The number of piperidine rings is 2. The molecular weight excluding hydrogens is 320 g/mol. The number of carbonyl (C=O) groups excluding carboxylic acids is 1. The van der Waals surface area contributed by atoms with Gasteiger partial charge in [0.25, 0.3) is 11.5 Å². The lowest BCUT2D eigenvalue weighted by Crippen LogP contribution is -2.62. The number of carbonyl (C=O) groups is 1. The third kappa shape index (κ3) is 2.73. The van der Waals surface area contributed by atoms with Crippen LogP contribution >= 0.6 is 0 Å². The number of H-pyrrole nitrogens is 1. The molecule has 2 atom stereocenters. The number of aromatic amines is 1. The van der Waals surface area contributed by atoms with Crippen LogP contribution in [-0.2, 0) is 0 Å². The number of nitrogens with zero attached hydrogens (tertiary/aromatic N) is 2. The molecule has 1 amide bonds. The number of aromatic nitrogens is 2. The highest BCUT2D eigenvalue weighted by Crippen LogP contribution is 2.37. The van der Waals surface area contributed by atoms with Gasteiger partial charge in [0, 0.05) is 24.5 Å². The molecule has 0 aliphatic carbocycles. The summed E-state index contributed by atoms with van der Waals surface area (Å²) in [5.74, 6) is -0.210. The van der Waals surface area contributed by atoms with Gasteiger partial charge in [-0.25, -0.2) is 4.98 Å². The molecule has 2 saturated heterocycles. The third-order valence-corrected chi connectivity index (χ3v) is 5.59. The minimum Gasteiger partial charge on any atom is -0.396 e. The normalized spacial score (nSPS) is 26.4. The number of rotatable bonds is 2. The van der Waals surface area contributed by atoms with E-state index in [1.165, 1.54) is 0 Å². The Morgan fingerprint density at radius 2 is 2.24 bits per heavy atom. The fraction of sp³-hybridized carbons (Fsp3) is 0.500. The van der Waals surface area contributed by atoms with Crippen molar-refractivity contribution in [3.63, 3.8) is 0 Å². The van der Waals surface area contributed by atoms with Crippen LogP contribution in [0.25, 0.3) is 10.9 Å². The maximum Gasteiger partial charge on any atom is 0.289 e. The SMILES string of the molecule is O=C(c1nc2ccccc2c(=O)[nH]1)N1CCC2NCCCC2(CO)C1. The van der Waals surface area contributed by atoms with Crippen molar-refractivity contribution < 1.29 is 9.90 Å². The van der Waals surface area contributed by atoms with Gasteiger partial charge in [-0.3, -0.25) is 9.59 Å².